The topological polar surface area (TPSA) is 55.4 Å². The van der Waals surface area contributed by atoms with Gasteiger partial charge in [-0.2, -0.15) is 0 Å². The smallest absolute Gasteiger partial charge is 0.377 e. The van der Waals surface area contributed by atoms with Crippen LogP contribution in [0.4, 0.5) is 0 Å². The molecule has 4 rings (SSSR count). The molecule has 0 aromatic heterocycles. The molecule has 0 aliphatic rings. The highest BCUT2D eigenvalue weighted by Gasteiger charge is 2.55. The molecule has 0 aliphatic carbocycles. The Balaban J connectivity index is 0.00000380. The van der Waals surface area contributed by atoms with E-state index in [0.29, 0.717) is 15.9 Å². The van der Waals surface area contributed by atoms with Gasteiger partial charge in [-0.25, -0.2) is 4.79 Å². The number of carbonyl (C=O) groups excluding carboxylic acids is 2. The summed E-state index contributed by atoms with van der Waals surface area (Å²) in [6.07, 6.45) is 1.86. The van der Waals surface area contributed by atoms with E-state index in [4.69, 9.17) is 4.74 Å². The van der Waals surface area contributed by atoms with Gasteiger partial charge < -0.3 is 10.1 Å². The molecule has 0 unspecified atom stereocenters. The van der Waals surface area contributed by atoms with E-state index in [1.807, 2.05) is 115 Å². The number of amides is 1. The van der Waals surface area contributed by atoms with Crippen LogP contribution >= 0.6 is 43.0 Å². The lowest BCUT2D eigenvalue weighted by atomic mass is 10.2. The molecule has 0 bridgehead atoms. The molecule has 4 nitrogen and oxygen atoms in total. The molecule has 37 heavy (non-hydrogen) atoms. The number of ether oxygens (including phenoxy) is 1. The predicted molar refractivity (Wildman–Crippen MR) is 167 cm³/mol. The summed E-state index contributed by atoms with van der Waals surface area (Å²) in [7, 11) is -1.40. The number of benzene rings is 4. The molecular formula is C30H28INO3PS+. The maximum absolute atomic E-state index is 13.8. The van der Waals surface area contributed by atoms with Gasteiger partial charge in [-0.15, -0.1) is 35.7 Å². The number of methoxy groups -OCH3 is 1. The van der Waals surface area contributed by atoms with Crippen molar-refractivity contribution in [3.63, 3.8) is 0 Å². The van der Waals surface area contributed by atoms with Gasteiger partial charge in [0.05, 0.1) is 7.11 Å². The maximum Gasteiger partial charge on any atom is 0.377 e. The molecule has 0 fully saturated rings. The molecule has 4 aromatic carbocycles. The standard InChI is InChI=1S/C30H26NO3PS.HI/c1-34-30(33)27(29(36-2)31-28(32)23-15-7-3-8-16-23)35(24-17-9-4-10-18-24,25-19-11-5-12-20-25)26-21-13-6-14-22-26;/h3-22H,1-2H3;1H/p+1. The Kier molecular flexibility index (Phi) is 10.5. The van der Waals surface area contributed by atoms with E-state index in [-0.39, 0.29) is 29.9 Å². The summed E-state index contributed by atoms with van der Waals surface area (Å²) >= 11 is 1.33. The lowest BCUT2D eigenvalue weighted by molar-refractivity contribution is -0.135. The first kappa shape index (κ1) is 28.6. The monoisotopic (exact) mass is 640 g/mol. The van der Waals surface area contributed by atoms with E-state index in [1.54, 1.807) is 12.1 Å². The number of thioether (sulfide) groups is 1. The van der Waals surface area contributed by atoms with Gasteiger partial charge in [-0.05, 0) is 54.8 Å². The number of hydrogen-bond donors (Lipinski definition) is 1. The summed E-state index contributed by atoms with van der Waals surface area (Å²) in [6.45, 7) is 0. The lowest BCUT2D eigenvalue weighted by Gasteiger charge is -2.29. The first-order valence-corrected chi connectivity index (χ1v) is 14.4. The van der Waals surface area contributed by atoms with Crippen LogP contribution in [0, 0.1) is 0 Å². The Morgan fingerprint density at radius 2 is 1.05 bits per heavy atom. The minimum absolute atomic E-state index is 0. The Morgan fingerprint density at radius 3 is 1.41 bits per heavy atom. The second kappa shape index (κ2) is 13.6. The fourth-order valence-corrected chi connectivity index (χ4v) is 9.65. The van der Waals surface area contributed by atoms with Crippen molar-refractivity contribution in [3.05, 3.63) is 137 Å². The van der Waals surface area contributed by atoms with E-state index in [9.17, 15) is 9.59 Å². The average Bonchev–Trinajstić information content (AvgIpc) is 2.96. The fraction of sp³-hybridized carbons (Fsp3) is 0.0667. The number of hydrogen-bond acceptors (Lipinski definition) is 4. The minimum atomic E-state index is -2.79. The molecule has 0 atom stereocenters. The molecule has 0 spiro atoms. The zero-order valence-electron chi connectivity index (χ0n) is 20.5. The maximum atomic E-state index is 13.8. The van der Waals surface area contributed by atoms with Gasteiger partial charge in [0.15, 0.2) is 7.26 Å². The van der Waals surface area contributed by atoms with Gasteiger partial charge in [0, 0.05) is 5.56 Å². The van der Waals surface area contributed by atoms with Gasteiger partial charge in [0.1, 0.15) is 20.9 Å². The average molecular weight is 641 g/mol. The molecule has 0 heterocycles. The molecule has 0 radical (unpaired) electrons. The zero-order valence-corrected chi connectivity index (χ0v) is 24.6. The quantitative estimate of drug-likeness (QED) is 0.116. The molecule has 1 amide bonds. The van der Waals surface area contributed by atoms with Gasteiger partial charge in [-0.1, -0.05) is 72.8 Å². The van der Waals surface area contributed by atoms with Crippen molar-refractivity contribution in [1.82, 2.24) is 5.32 Å². The summed E-state index contributed by atoms with van der Waals surface area (Å²) in [6, 6.07) is 39.0. The van der Waals surface area contributed by atoms with Gasteiger partial charge in [0.2, 0.25) is 5.31 Å². The van der Waals surface area contributed by atoms with Crippen molar-refractivity contribution in [2.45, 2.75) is 0 Å². The molecule has 7 heteroatoms. The highest BCUT2D eigenvalue weighted by atomic mass is 127. The predicted octanol–water partition coefficient (Wildman–Crippen LogP) is 5.73. The Morgan fingerprint density at radius 1 is 0.676 bits per heavy atom. The Bertz CT molecular complexity index is 1250. The van der Waals surface area contributed by atoms with Crippen molar-refractivity contribution in [2.24, 2.45) is 0 Å². The highest BCUT2D eigenvalue weighted by molar-refractivity contribution is 14.0. The van der Waals surface area contributed by atoms with E-state index >= 15 is 0 Å². The van der Waals surface area contributed by atoms with Crippen LogP contribution in [0.3, 0.4) is 0 Å². The lowest BCUT2D eigenvalue weighted by Crippen LogP contribution is -2.37. The van der Waals surface area contributed by atoms with Crippen LogP contribution in [-0.2, 0) is 9.53 Å². The van der Waals surface area contributed by atoms with Crippen LogP contribution in [0.1, 0.15) is 10.4 Å². The van der Waals surface area contributed by atoms with Crippen LogP contribution < -0.4 is 21.2 Å². The second-order valence-corrected chi connectivity index (χ2v) is 12.0. The number of nitrogens with one attached hydrogen (secondary N) is 1. The highest BCUT2D eigenvalue weighted by Crippen LogP contribution is 2.64. The first-order valence-electron chi connectivity index (χ1n) is 11.4. The zero-order chi connectivity index (χ0) is 25.4. The molecule has 4 aromatic rings. The van der Waals surface area contributed by atoms with Crippen LogP contribution in [0.25, 0.3) is 0 Å². The Hall–Kier alpha value is -2.93. The molecule has 0 aliphatic heterocycles. The molecule has 1 N–H and O–H groups in total. The fourth-order valence-electron chi connectivity index (χ4n) is 4.24. The molecule has 188 valence electrons. The van der Waals surface area contributed by atoms with Crippen molar-refractivity contribution < 1.29 is 14.3 Å². The van der Waals surface area contributed by atoms with Crippen molar-refractivity contribution >= 4 is 70.8 Å². The molecule has 0 saturated heterocycles. The van der Waals surface area contributed by atoms with Crippen molar-refractivity contribution in [2.75, 3.05) is 13.4 Å². The summed E-state index contributed by atoms with van der Waals surface area (Å²) in [4.78, 5) is 27.0. The van der Waals surface area contributed by atoms with Gasteiger partial charge in [-0.3, -0.25) is 4.79 Å². The third kappa shape index (κ3) is 5.98. The molecule has 0 saturated carbocycles. The van der Waals surface area contributed by atoms with Crippen LogP contribution in [0.2, 0.25) is 0 Å². The van der Waals surface area contributed by atoms with Crippen LogP contribution in [0.5, 0.6) is 0 Å². The van der Waals surface area contributed by atoms with Crippen molar-refractivity contribution in [3.8, 4) is 0 Å². The summed E-state index contributed by atoms with van der Waals surface area (Å²) < 4.78 is 5.42. The first-order chi connectivity index (χ1) is 17.6. The van der Waals surface area contributed by atoms with E-state index in [0.717, 1.165) is 15.9 Å². The Labute approximate surface area is 239 Å². The molecular weight excluding hydrogens is 612 g/mol. The van der Waals surface area contributed by atoms with Crippen molar-refractivity contribution in [1.29, 1.82) is 0 Å². The normalized spacial score (nSPS) is 11.5. The second-order valence-electron chi connectivity index (χ2n) is 7.87. The largest absolute Gasteiger partial charge is 0.463 e. The summed E-state index contributed by atoms with van der Waals surface area (Å²) in [5.74, 6) is -0.758. The number of carbonyl (C=O) groups is 2. The third-order valence-corrected chi connectivity index (χ3v) is 11.0. The summed E-state index contributed by atoms with van der Waals surface area (Å²) in [5.41, 5.74) is 0.510. The SMILES string of the molecule is COC(=O)/C(=C(\NC(=O)c1ccccc1)SC)[P+](c1ccccc1)(c1ccccc1)c1ccccc1.I. The van der Waals surface area contributed by atoms with Crippen LogP contribution in [0.15, 0.2) is 132 Å². The summed E-state index contributed by atoms with van der Waals surface area (Å²) in [5, 5.41) is 6.93. The van der Waals surface area contributed by atoms with Gasteiger partial charge >= 0.3 is 5.97 Å². The van der Waals surface area contributed by atoms with Gasteiger partial charge in [0.25, 0.3) is 5.91 Å². The number of halogens is 1. The third-order valence-electron chi connectivity index (χ3n) is 5.83. The minimum Gasteiger partial charge on any atom is -0.463 e. The van der Waals surface area contributed by atoms with E-state index < -0.39 is 13.2 Å². The number of rotatable bonds is 8. The van der Waals surface area contributed by atoms with E-state index in [1.165, 1.54) is 18.9 Å². The van der Waals surface area contributed by atoms with E-state index in [2.05, 4.69) is 5.32 Å². The number of esters is 1. The van der Waals surface area contributed by atoms with Crippen LogP contribution in [-0.4, -0.2) is 25.2 Å².